The van der Waals surface area contributed by atoms with Crippen LogP contribution in [0.5, 0.6) is 5.75 Å². The smallest absolute Gasteiger partial charge is 0.258 e. The summed E-state index contributed by atoms with van der Waals surface area (Å²) in [7, 11) is -2.51. The first-order valence-corrected chi connectivity index (χ1v) is 17.7. The van der Waals surface area contributed by atoms with E-state index in [1.165, 1.54) is 28.4 Å². The number of nitrogens with zero attached hydrogens (tertiary/aromatic N) is 2. The van der Waals surface area contributed by atoms with Gasteiger partial charge in [0.05, 0.1) is 41.7 Å². The Labute approximate surface area is 282 Å². The SMILES string of the molecule is C[C@@H]1CCCCO[C@@H](CN(C)S(=O)(=O)c2ccc(F)cc2)[C@@H](C)CN([C@H](C)CO)C(=O)c2cc(NC(=O)Cc3ccccc3)ccc2O1. The molecule has 260 valence electrons. The summed E-state index contributed by atoms with van der Waals surface area (Å²) in [6, 6.07) is 18.4. The molecule has 1 aliphatic rings. The van der Waals surface area contributed by atoms with Crippen LogP contribution >= 0.6 is 0 Å². The second kappa shape index (κ2) is 17.0. The van der Waals surface area contributed by atoms with Crippen molar-refractivity contribution in [1.29, 1.82) is 0 Å². The highest BCUT2D eigenvalue weighted by atomic mass is 32.2. The van der Waals surface area contributed by atoms with Crippen LogP contribution in [-0.2, 0) is 26.0 Å². The molecule has 0 aromatic heterocycles. The summed E-state index contributed by atoms with van der Waals surface area (Å²) in [5.74, 6) is -1.18. The largest absolute Gasteiger partial charge is 0.490 e. The van der Waals surface area contributed by atoms with Gasteiger partial charge in [-0.3, -0.25) is 9.59 Å². The molecule has 10 nitrogen and oxygen atoms in total. The maximum absolute atomic E-state index is 14.3. The number of halogens is 1. The first-order valence-electron chi connectivity index (χ1n) is 16.3. The molecule has 12 heteroatoms. The highest BCUT2D eigenvalue weighted by Crippen LogP contribution is 2.29. The van der Waals surface area contributed by atoms with Crippen LogP contribution in [0.25, 0.3) is 0 Å². The Morgan fingerprint density at radius 2 is 1.79 bits per heavy atom. The topological polar surface area (TPSA) is 125 Å². The fourth-order valence-electron chi connectivity index (χ4n) is 5.59. The molecule has 0 aliphatic carbocycles. The third kappa shape index (κ3) is 9.85. The molecule has 3 aromatic rings. The Kier molecular flexibility index (Phi) is 13.1. The molecule has 48 heavy (non-hydrogen) atoms. The van der Waals surface area contributed by atoms with Crippen molar-refractivity contribution in [2.75, 3.05) is 38.7 Å². The lowest BCUT2D eigenvalue weighted by molar-refractivity contribution is -0.115. The van der Waals surface area contributed by atoms with E-state index >= 15 is 0 Å². The lowest BCUT2D eigenvalue weighted by Gasteiger charge is -2.35. The maximum atomic E-state index is 14.3. The van der Waals surface area contributed by atoms with Gasteiger partial charge in [-0.1, -0.05) is 37.3 Å². The predicted octanol–water partition coefficient (Wildman–Crippen LogP) is 5.12. The van der Waals surface area contributed by atoms with Gasteiger partial charge in [0.15, 0.2) is 0 Å². The summed E-state index contributed by atoms with van der Waals surface area (Å²) >= 11 is 0. The Morgan fingerprint density at radius 1 is 1.08 bits per heavy atom. The Hall–Kier alpha value is -3.84. The number of nitrogens with one attached hydrogen (secondary N) is 1. The molecule has 0 saturated carbocycles. The number of anilines is 1. The second-order valence-electron chi connectivity index (χ2n) is 12.5. The zero-order chi connectivity index (χ0) is 34.8. The van der Waals surface area contributed by atoms with E-state index in [0.717, 1.165) is 24.1 Å². The van der Waals surface area contributed by atoms with E-state index in [4.69, 9.17) is 9.47 Å². The first-order chi connectivity index (χ1) is 22.9. The molecule has 0 fully saturated rings. The van der Waals surface area contributed by atoms with Gasteiger partial charge < -0.3 is 24.8 Å². The number of ether oxygens (including phenoxy) is 2. The summed E-state index contributed by atoms with van der Waals surface area (Å²) < 4.78 is 53.9. The van der Waals surface area contributed by atoms with Crippen molar-refractivity contribution in [3.63, 3.8) is 0 Å². The number of aliphatic hydroxyl groups is 1. The van der Waals surface area contributed by atoms with Gasteiger partial charge in [0, 0.05) is 38.3 Å². The molecule has 4 rings (SSSR count). The monoisotopic (exact) mass is 683 g/mol. The zero-order valence-electron chi connectivity index (χ0n) is 28.0. The van der Waals surface area contributed by atoms with E-state index in [9.17, 15) is 27.5 Å². The molecule has 3 aromatic carbocycles. The van der Waals surface area contributed by atoms with Gasteiger partial charge in [0.25, 0.3) is 5.91 Å². The number of sulfonamides is 1. The van der Waals surface area contributed by atoms with Gasteiger partial charge >= 0.3 is 0 Å². The average molecular weight is 684 g/mol. The number of likely N-dealkylation sites (N-methyl/N-ethyl adjacent to an activating group) is 1. The molecule has 2 N–H and O–H groups in total. The van der Waals surface area contributed by atoms with E-state index in [-0.39, 0.29) is 54.5 Å². The summed E-state index contributed by atoms with van der Waals surface area (Å²) in [5, 5.41) is 13.1. The van der Waals surface area contributed by atoms with Gasteiger partial charge in [-0.15, -0.1) is 0 Å². The fraction of sp³-hybridized carbons (Fsp3) is 0.444. The Balaban J connectivity index is 1.62. The van der Waals surface area contributed by atoms with Crippen LogP contribution in [0.3, 0.4) is 0 Å². The van der Waals surface area contributed by atoms with Gasteiger partial charge in [-0.05, 0) is 81.1 Å². The van der Waals surface area contributed by atoms with Gasteiger partial charge in [-0.25, -0.2) is 12.8 Å². The standard InChI is InChI=1S/C36H46FN3O7S/c1-25-22-40(26(2)24-41)36(43)32-21-30(38-35(42)20-28-11-6-5-7-12-28)15-18-33(32)47-27(3)10-8-9-19-46-34(25)23-39(4)48(44,45)31-16-13-29(37)14-17-31/h5-7,11-18,21,25-27,34,41H,8-10,19-20,22-24H2,1-4H3,(H,38,42)/t25-,26+,27+,34-/m0/s1. The number of benzene rings is 3. The first kappa shape index (κ1) is 37.0. The number of fused-ring (bicyclic) bond motifs is 1. The van der Waals surface area contributed by atoms with Crippen molar-refractivity contribution in [3.05, 3.63) is 89.7 Å². The molecule has 0 bridgehead atoms. The minimum absolute atomic E-state index is 0.00981. The van der Waals surface area contributed by atoms with Gasteiger partial charge in [-0.2, -0.15) is 4.31 Å². The lowest BCUT2D eigenvalue weighted by atomic mass is 10.0. The molecule has 1 heterocycles. The second-order valence-corrected chi connectivity index (χ2v) is 14.5. The number of hydrogen-bond donors (Lipinski definition) is 2. The summed E-state index contributed by atoms with van der Waals surface area (Å²) in [4.78, 5) is 28.7. The Morgan fingerprint density at radius 3 is 2.48 bits per heavy atom. The number of carbonyl (C=O) groups excluding carboxylic acids is 2. The Bertz CT molecular complexity index is 1620. The fourth-order valence-corrected chi connectivity index (χ4v) is 6.77. The molecule has 0 radical (unpaired) electrons. The van der Waals surface area contributed by atoms with Crippen molar-refractivity contribution in [2.45, 2.75) is 69.6 Å². The predicted molar refractivity (Wildman–Crippen MR) is 182 cm³/mol. The van der Waals surface area contributed by atoms with E-state index in [2.05, 4.69) is 5.32 Å². The lowest BCUT2D eigenvalue weighted by Crippen LogP contribution is -2.48. The maximum Gasteiger partial charge on any atom is 0.258 e. The summed E-state index contributed by atoms with van der Waals surface area (Å²) in [6.45, 7) is 5.70. The number of carbonyl (C=O) groups is 2. The van der Waals surface area contributed by atoms with Crippen LogP contribution in [0.1, 0.15) is 56.0 Å². The van der Waals surface area contributed by atoms with E-state index in [1.807, 2.05) is 44.2 Å². The number of rotatable bonds is 9. The van der Waals surface area contributed by atoms with E-state index in [0.29, 0.717) is 30.9 Å². The minimum Gasteiger partial charge on any atom is -0.490 e. The zero-order valence-corrected chi connectivity index (χ0v) is 28.8. The third-order valence-corrected chi connectivity index (χ3v) is 10.3. The molecule has 1 aliphatic heterocycles. The van der Waals surface area contributed by atoms with Crippen molar-refractivity contribution in [3.8, 4) is 5.75 Å². The van der Waals surface area contributed by atoms with Crippen molar-refractivity contribution < 1.29 is 37.0 Å². The minimum atomic E-state index is -3.95. The molecule has 0 saturated heterocycles. The number of amides is 2. The van der Waals surface area contributed by atoms with Crippen LogP contribution in [-0.4, -0.2) is 86.1 Å². The number of hydrogen-bond acceptors (Lipinski definition) is 7. The van der Waals surface area contributed by atoms with Crippen molar-refractivity contribution in [1.82, 2.24) is 9.21 Å². The van der Waals surface area contributed by atoms with E-state index < -0.39 is 33.9 Å². The summed E-state index contributed by atoms with van der Waals surface area (Å²) in [6.07, 6.45) is 1.49. The number of aliphatic hydroxyl groups excluding tert-OH is 1. The molecule has 0 unspecified atom stereocenters. The van der Waals surface area contributed by atoms with Crippen LogP contribution in [0.2, 0.25) is 0 Å². The molecule has 2 amide bonds. The molecule has 0 spiro atoms. The summed E-state index contributed by atoms with van der Waals surface area (Å²) in [5.41, 5.74) is 1.52. The molecular weight excluding hydrogens is 637 g/mol. The highest BCUT2D eigenvalue weighted by Gasteiger charge is 2.32. The van der Waals surface area contributed by atoms with Crippen LogP contribution < -0.4 is 10.1 Å². The quantitative estimate of drug-likeness (QED) is 0.321. The molecule has 4 atom stereocenters. The van der Waals surface area contributed by atoms with Crippen molar-refractivity contribution in [2.24, 2.45) is 5.92 Å². The van der Waals surface area contributed by atoms with Crippen molar-refractivity contribution >= 4 is 27.5 Å². The van der Waals surface area contributed by atoms with Crippen LogP contribution in [0, 0.1) is 11.7 Å². The normalized spacial score (nSPS) is 20.4. The average Bonchev–Trinajstić information content (AvgIpc) is 3.06. The van der Waals surface area contributed by atoms with E-state index in [1.54, 1.807) is 25.1 Å². The van der Waals surface area contributed by atoms with Crippen LogP contribution in [0.4, 0.5) is 10.1 Å². The third-order valence-electron chi connectivity index (χ3n) is 8.50. The van der Waals surface area contributed by atoms with Crippen LogP contribution in [0.15, 0.2) is 77.7 Å². The van der Waals surface area contributed by atoms with Gasteiger partial charge in [0.1, 0.15) is 11.6 Å². The molecular formula is C36H46FN3O7S. The highest BCUT2D eigenvalue weighted by molar-refractivity contribution is 7.89. The van der Waals surface area contributed by atoms with Gasteiger partial charge in [0.2, 0.25) is 15.9 Å².